The Bertz CT molecular complexity index is 453. The molecule has 0 saturated heterocycles. The highest BCUT2D eigenvalue weighted by Crippen LogP contribution is 2.28. The number of para-hydroxylation sites is 1. The molecule has 0 atom stereocenters. The van der Waals surface area contributed by atoms with Crippen molar-refractivity contribution in [3.63, 3.8) is 0 Å². The van der Waals surface area contributed by atoms with E-state index in [9.17, 15) is 0 Å². The first-order valence-electron chi connectivity index (χ1n) is 4.75. The Morgan fingerprint density at radius 3 is 2.27 bits per heavy atom. The zero-order valence-corrected chi connectivity index (χ0v) is 9.16. The minimum Gasteiger partial charge on any atom is -0.456 e. The van der Waals surface area contributed by atoms with Crippen molar-refractivity contribution in [2.45, 2.75) is 0 Å². The first-order valence-corrected chi connectivity index (χ1v) is 5.12. The van der Waals surface area contributed by atoms with E-state index in [-0.39, 0.29) is 0 Å². The second kappa shape index (κ2) is 4.41. The van der Waals surface area contributed by atoms with Gasteiger partial charge in [0.25, 0.3) is 0 Å². The van der Waals surface area contributed by atoms with Gasteiger partial charge >= 0.3 is 0 Å². The van der Waals surface area contributed by atoms with E-state index in [0.717, 1.165) is 5.75 Å². The van der Waals surface area contributed by atoms with Gasteiger partial charge in [-0.1, -0.05) is 41.3 Å². The third-order valence-corrected chi connectivity index (χ3v) is 2.40. The quantitative estimate of drug-likeness (QED) is 0.701. The van der Waals surface area contributed by atoms with Gasteiger partial charge in [0.1, 0.15) is 19.3 Å². The fraction of sp³-hybridized carbons (Fsp3) is 0. The largest absolute Gasteiger partial charge is 0.456 e. The van der Waals surface area contributed by atoms with E-state index in [4.69, 9.17) is 16.3 Å². The molecule has 2 rings (SSSR count). The Balaban J connectivity index is 2.22. The van der Waals surface area contributed by atoms with Gasteiger partial charge in [-0.05, 0) is 24.3 Å². The maximum Gasteiger partial charge on any atom is 0.146 e. The predicted octanol–water partition coefficient (Wildman–Crippen LogP) is 2.39. The summed E-state index contributed by atoms with van der Waals surface area (Å²) in [5, 5.41) is 0.623. The summed E-state index contributed by atoms with van der Waals surface area (Å²) in [6, 6.07) is 15.3. The molecule has 74 valence electrons. The van der Waals surface area contributed by atoms with Crippen LogP contribution in [0.3, 0.4) is 0 Å². The fourth-order valence-corrected chi connectivity index (χ4v) is 1.44. The van der Waals surface area contributed by atoms with E-state index in [1.165, 1.54) is 5.46 Å². The molecular weight excluding hydrogens is 206 g/mol. The monoisotopic (exact) mass is 216 g/mol. The standard InChI is InChI=1S/C12H10BClO/c13-9-5-7-10(8-6-9)15-12-4-2-1-3-11(12)14/h1-8H,13H2. The Morgan fingerprint density at radius 2 is 1.60 bits per heavy atom. The molecule has 0 unspecified atom stereocenters. The minimum absolute atomic E-state index is 0.623. The SMILES string of the molecule is Bc1ccc(Oc2ccccc2Cl)cc1. The van der Waals surface area contributed by atoms with Crippen LogP contribution in [0.15, 0.2) is 48.5 Å². The van der Waals surface area contributed by atoms with E-state index in [0.29, 0.717) is 10.8 Å². The first kappa shape index (κ1) is 10.1. The van der Waals surface area contributed by atoms with E-state index in [2.05, 4.69) is 0 Å². The fourth-order valence-electron chi connectivity index (χ4n) is 1.26. The summed E-state index contributed by atoms with van der Waals surface area (Å²) in [6.07, 6.45) is 0. The molecule has 0 radical (unpaired) electrons. The highest BCUT2D eigenvalue weighted by Gasteiger charge is 2.00. The summed E-state index contributed by atoms with van der Waals surface area (Å²) >= 11 is 5.98. The number of ether oxygens (including phenoxy) is 1. The lowest BCUT2D eigenvalue weighted by Crippen LogP contribution is -1.99. The zero-order chi connectivity index (χ0) is 10.7. The third-order valence-electron chi connectivity index (χ3n) is 2.09. The van der Waals surface area contributed by atoms with Crippen LogP contribution in [0.2, 0.25) is 5.02 Å². The Hall–Kier alpha value is -1.41. The third kappa shape index (κ3) is 2.54. The molecule has 0 N–H and O–H groups in total. The summed E-state index contributed by atoms with van der Waals surface area (Å²) in [4.78, 5) is 0. The lowest BCUT2D eigenvalue weighted by molar-refractivity contribution is 0.483. The predicted molar refractivity (Wildman–Crippen MR) is 66.1 cm³/mol. The van der Waals surface area contributed by atoms with Crippen LogP contribution < -0.4 is 10.2 Å². The smallest absolute Gasteiger partial charge is 0.146 e. The topological polar surface area (TPSA) is 9.23 Å². The van der Waals surface area contributed by atoms with Crippen molar-refractivity contribution in [3.8, 4) is 11.5 Å². The number of halogens is 1. The molecular formula is C12H10BClO. The van der Waals surface area contributed by atoms with Gasteiger partial charge in [0, 0.05) is 0 Å². The van der Waals surface area contributed by atoms with Crippen LogP contribution in [0.25, 0.3) is 0 Å². The van der Waals surface area contributed by atoms with Gasteiger partial charge in [-0.15, -0.1) is 0 Å². The minimum atomic E-state index is 0.623. The Morgan fingerprint density at radius 1 is 0.933 bits per heavy atom. The van der Waals surface area contributed by atoms with E-state index < -0.39 is 0 Å². The average molecular weight is 216 g/mol. The summed E-state index contributed by atoms with van der Waals surface area (Å²) < 4.78 is 5.63. The number of hydrogen-bond donors (Lipinski definition) is 0. The highest BCUT2D eigenvalue weighted by atomic mass is 35.5. The van der Waals surface area contributed by atoms with Crippen molar-refractivity contribution in [1.29, 1.82) is 0 Å². The van der Waals surface area contributed by atoms with Crippen molar-refractivity contribution in [1.82, 2.24) is 0 Å². The van der Waals surface area contributed by atoms with Crippen molar-refractivity contribution in [2.75, 3.05) is 0 Å². The van der Waals surface area contributed by atoms with Gasteiger partial charge in [-0.2, -0.15) is 0 Å². The molecule has 0 aromatic heterocycles. The maximum atomic E-state index is 5.98. The van der Waals surface area contributed by atoms with E-state index in [1.54, 1.807) is 0 Å². The van der Waals surface area contributed by atoms with Gasteiger partial charge in [0.05, 0.1) is 5.02 Å². The summed E-state index contributed by atoms with van der Waals surface area (Å²) in [5.41, 5.74) is 1.21. The molecule has 0 amide bonds. The van der Waals surface area contributed by atoms with Gasteiger partial charge in [-0.3, -0.25) is 0 Å². The van der Waals surface area contributed by atoms with Crippen LogP contribution in [0.4, 0.5) is 0 Å². The molecule has 0 spiro atoms. The van der Waals surface area contributed by atoms with Gasteiger partial charge < -0.3 is 4.74 Å². The molecule has 0 aliphatic rings. The van der Waals surface area contributed by atoms with Crippen molar-refractivity contribution >= 4 is 24.9 Å². The molecule has 0 aliphatic heterocycles. The molecule has 0 saturated carbocycles. The van der Waals surface area contributed by atoms with Crippen LogP contribution >= 0.6 is 11.6 Å². The Kier molecular flexibility index (Phi) is 2.98. The number of hydrogen-bond acceptors (Lipinski definition) is 1. The molecule has 0 heterocycles. The van der Waals surface area contributed by atoms with Crippen LogP contribution in [0.1, 0.15) is 0 Å². The lowest BCUT2D eigenvalue weighted by atomic mass is 9.97. The van der Waals surface area contributed by atoms with Crippen LogP contribution in [-0.2, 0) is 0 Å². The van der Waals surface area contributed by atoms with E-state index in [1.807, 2.05) is 56.4 Å². The molecule has 0 aliphatic carbocycles. The number of rotatable bonds is 2. The zero-order valence-electron chi connectivity index (χ0n) is 8.41. The maximum absolute atomic E-state index is 5.98. The van der Waals surface area contributed by atoms with Crippen molar-refractivity contribution in [2.24, 2.45) is 0 Å². The van der Waals surface area contributed by atoms with Crippen molar-refractivity contribution in [3.05, 3.63) is 53.6 Å². The normalized spacial score (nSPS) is 9.93. The molecule has 2 aromatic rings. The summed E-state index contributed by atoms with van der Waals surface area (Å²) in [6.45, 7) is 0. The Labute approximate surface area is 95.1 Å². The summed E-state index contributed by atoms with van der Waals surface area (Å²) in [7, 11) is 2.04. The van der Waals surface area contributed by atoms with Crippen LogP contribution in [0, 0.1) is 0 Å². The van der Waals surface area contributed by atoms with Crippen molar-refractivity contribution < 1.29 is 4.74 Å². The molecule has 0 fully saturated rings. The molecule has 3 heteroatoms. The molecule has 2 aromatic carbocycles. The van der Waals surface area contributed by atoms with Gasteiger partial charge in [0.2, 0.25) is 0 Å². The van der Waals surface area contributed by atoms with Crippen LogP contribution in [0.5, 0.6) is 11.5 Å². The second-order valence-electron chi connectivity index (χ2n) is 3.35. The molecule has 15 heavy (non-hydrogen) atoms. The number of benzene rings is 2. The first-order chi connectivity index (χ1) is 7.25. The highest BCUT2D eigenvalue weighted by molar-refractivity contribution is 6.32. The molecule has 0 bridgehead atoms. The van der Waals surface area contributed by atoms with Gasteiger partial charge in [-0.25, -0.2) is 0 Å². The average Bonchev–Trinajstić information content (AvgIpc) is 2.25. The lowest BCUT2D eigenvalue weighted by Gasteiger charge is -2.07. The van der Waals surface area contributed by atoms with Crippen LogP contribution in [-0.4, -0.2) is 7.85 Å². The summed E-state index contributed by atoms with van der Waals surface area (Å²) in [5.74, 6) is 1.48. The van der Waals surface area contributed by atoms with Gasteiger partial charge in [0.15, 0.2) is 0 Å². The molecule has 1 nitrogen and oxygen atoms in total. The van der Waals surface area contributed by atoms with E-state index >= 15 is 0 Å². The second-order valence-corrected chi connectivity index (χ2v) is 3.75.